The highest BCUT2D eigenvalue weighted by Crippen LogP contribution is 2.25. The number of nitrogens with zero attached hydrogens (tertiary/aromatic N) is 5. The number of aromatic nitrogens is 4. The predicted molar refractivity (Wildman–Crippen MR) is 101 cm³/mol. The van der Waals surface area contributed by atoms with Gasteiger partial charge in [0.1, 0.15) is 16.8 Å². The first-order valence-electron chi connectivity index (χ1n) is 9.16. The smallest absolute Gasteiger partial charge is 0.246 e. The van der Waals surface area contributed by atoms with Gasteiger partial charge in [0, 0.05) is 26.7 Å². The molecule has 0 aliphatic carbocycles. The molecule has 1 saturated heterocycles. The number of amides is 1. The Labute approximate surface area is 159 Å². The van der Waals surface area contributed by atoms with E-state index in [2.05, 4.69) is 14.9 Å². The molecule has 1 unspecified atom stereocenters. The van der Waals surface area contributed by atoms with Crippen molar-refractivity contribution in [1.82, 2.24) is 24.3 Å². The van der Waals surface area contributed by atoms with Gasteiger partial charge in [-0.2, -0.15) is 14.9 Å². The third-order valence-corrected chi connectivity index (χ3v) is 6.54. The van der Waals surface area contributed by atoms with Gasteiger partial charge in [0.2, 0.25) is 15.9 Å². The van der Waals surface area contributed by atoms with E-state index in [0.29, 0.717) is 49.4 Å². The fraction of sp³-hybridized carbons (Fsp3) is 0.588. The molecule has 10 heteroatoms. The number of piperidine rings is 1. The van der Waals surface area contributed by atoms with Crippen LogP contribution in [0.15, 0.2) is 17.2 Å². The summed E-state index contributed by atoms with van der Waals surface area (Å²) in [5, 5.41) is 8.43. The maximum Gasteiger partial charge on any atom is 0.246 e. The van der Waals surface area contributed by atoms with Crippen LogP contribution in [0.2, 0.25) is 0 Å². The van der Waals surface area contributed by atoms with E-state index in [1.165, 1.54) is 0 Å². The number of aryl methyl sites for hydroxylation is 3. The lowest BCUT2D eigenvalue weighted by atomic mass is 10.1. The summed E-state index contributed by atoms with van der Waals surface area (Å²) in [5.74, 6) is 0.405. The monoisotopic (exact) mass is 394 g/mol. The Morgan fingerprint density at radius 3 is 2.56 bits per heavy atom. The molecule has 1 fully saturated rings. The fourth-order valence-corrected chi connectivity index (χ4v) is 5.41. The Morgan fingerprint density at radius 2 is 1.96 bits per heavy atom. The molecule has 3 rings (SSSR count). The Hall–Kier alpha value is -2.20. The quantitative estimate of drug-likeness (QED) is 0.779. The minimum absolute atomic E-state index is 0.209. The van der Waals surface area contributed by atoms with Gasteiger partial charge in [0.05, 0.1) is 17.6 Å². The second-order valence-corrected chi connectivity index (χ2v) is 8.32. The van der Waals surface area contributed by atoms with Crippen molar-refractivity contribution in [2.45, 2.75) is 50.5 Å². The van der Waals surface area contributed by atoms with Gasteiger partial charge in [-0.15, -0.1) is 0 Å². The van der Waals surface area contributed by atoms with Crippen LogP contribution in [0, 0.1) is 0 Å². The van der Waals surface area contributed by atoms with Crippen LogP contribution in [0.5, 0.6) is 0 Å². The van der Waals surface area contributed by atoms with Gasteiger partial charge >= 0.3 is 0 Å². The van der Waals surface area contributed by atoms with E-state index in [9.17, 15) is 13.2 Å². The lowest BCUT2D eigenvalue weighted by Crippen LogP contribution is -2.53. The summed E-state index contributed by atoms with van der Waals surface area (Å²) in [6.07, 6.45) is 3.84. The first-order valence-corrected chi connectivity index (χ1v) is 10.6. The van der Waals surface area contributed by atoms with Gasteiger partial charge < -0.3 is 0 Å². The zero-order valence-corrected chi connectivity index (χ0v) is 17.0. The van der Waals surface area contributed by atoms with Crippen LogP contribution in [-0.2, 0) is 41.8 Å². The van der Waals surface area contributed by atoms with Gasteiger partial charge in [0.25, 0.3) is 0 Å². The minimum atomic E-state index is -3.86. The molecule has 148 valence electrons. The number of hydrogen-bond acceptors (Lipinski definition) is 5. The summed E-state index contributed by atoms with van der Waals surface area (Å²) in [4.78, 5) is 14.7. The fourth-order valence-electron chi connectivity index (χ4n) is 3.62. The summed E-state index contributed by atoms with van der Waals surface area (Å²) in [6, 6.07) is 0.952. The van der Waals surface area contributed by atoms with E-state index in [-0.39, 0.29) is 10.8 Å². The van der Waals surface area contributed by atoms with Crippen LogP contribution in [-0.4, -0.2) is 46.5 Å². The number of carbonyl (C=O) groups excluding carboxylic acids is 1. The van der Waals surface area contributed by atoms with Gasteiger partial charge in [-0.05, 0) is 25.7 Å². The van der Waals surface area contributed by atoms with E-state index < -0.39 is 16.1 Å². The molecule has 1 atom stereocenters. The average Bonchev–Trinajstić information content (AvgIpc) is 3.19. The zero-order chi connectivity index (χ0) is 19.8. The standard InChI is InChI=1S/C17H26N6O3S/c1-5-12-16(14(6-2)21(3)19-12)27(25,26)20-13-8-7-11-23(17(13)24)15-9-10-18-22(15)4/h9-10,13,20H,5-8,11H2,1-4H3. The predicted octanol–water partition coefficient (Wildman–Crippen LogP) is 0.752. The summed E-state index contributed by atoms with van der Waals surface area (Å²) in [7, 11) is -0.363. The number of carbonyl (C=O) groups is 1. The molecule has 1 aliphatic rings. The molecule has 27 heavy (non-hydrogen) atoms. The molecule has 2 aromatic rings. The van der Waals surface area contributed by atoms with Crippen LogP contribution in [0.1, 0.15) is 38.1 Å². The van der Waals surface area contributed by atoms with Crippen molar-refractivity contribution in [3.8, 4) is 0 Å². The summed E-state index contributed by atoms with van der Waals surface area (Å²) < 4.78 is 32.1. The van der Waals surface area contributed by atoms with Crippen molar-refractivity contribution in [2.75, 3.05) is 11.4 Å². The Morgan fingerprint density at radius 1 is 1.22 bits per heavy atom. The number of anilines is 1. The zero-order valence-electron chi connectivity index (χ0n) is 16.1. The van der Waals surface area contributed by atoms with Crippen molar-refractivity contribution in [1.29, 1.82) is 0 Å². The topological polar surface area (TPSA) is 102 Å². The normalized spacial score (nSPS) is 18.3. The van der Waals surface area contributed by atoms with Crippen LogP contribution in [0.4, 0.5) is 5.82 Å². The van der Waals surface area contributed by atoms with E-state index in [4.69, 9.17) is 0 Å². The third-order valence-electron chi connectivity index (χ3n) is 4.93. The lowest BCUT2D eigenvalue weighted by Gasteiger charge is -2.32. The number of nitrogens with one attached hydrogen (secondary N) is 1. The second-order valence-electron chi connectivity index (χ2n) is 6.67. The first kappa shape index (κ1) is 19.6. The molecule has 0 saturated carbocycles. The minimum Gasteiger partial charge on any atom is -0.296 e. The third kappa shape index (κ3) is 3.51. The number of sulfonamides is 1. The van der Waals surface area contributed by atoms with Crippen molar-refractivity contribution < 1.29 is 13.2 Å². The SMILES string of the molecule is CCc1nn(C)c(CC)c1S(=O)(=O)NC1CCCN(c2ccnn2C)C1=O. The molecule has 0 bridgehead atoms. The van der Waals surface area contributed by atoms with Crippen molar-refractivity contribution >= 4 is 21.7 Å². The molecule has 0 radical (unpaired) electrons. The van der Waals surface area contributed by atoms with Gasteiger partial charge in [-0.25, -0.2) is 8.42 Å². The molecule has 0 spiro atoms. The maximum atomic E-state index is 13.1. The van der Waals surface area contributed by atoms with Crippen LogP contribution < -0.4 is 9.62 Å². The molecule has 1 aliphatic heterocycles. The highest BCUT2D eigenvalue weighted by atomic mass is 32.2. The molecular weight excluding hydrogens is 368 g/mol. The van der Waals surface area contributed by atoms with E-state index >= 15 is 0 Å². The van der Waals surface area contributed by atoms with Crippen molar-refractivity contribution in [3.63, 3.8) is 0 Å². The average molecular weight is 395 g/mol. The largest absolute Gasteiger partial charge is 0.296 e. The Kier molecular flexibility index (Phi) is 5.38. The maximum absolute atomic E-state index is 13.1. The van der Waals surface area contributed by atoms with Gasteiger partial charge in [-0.1, -0.05) is 13.8 Å². The Balaban J connectivity index is 1.90. The summed E-state index contributed by atoms with van der Waals surface area (Å²) >= 11 is 0. The molecular formula is C17H26N6O3S. The van der Waals surface area contributed by atoms with Crippen LogP contribution in [0.25, 0.3) is 0 Å². The molecule has 9 nitrogen and oxygen atoms in total. The lowest BCUT2D eigenvalue weighted by molar-refractivity contribution is -0.121. The van der Waals surface area contributed by atoms with Crippen molar-refractivity contribution in [2.24, 2.45) is 14.1 Å². The Bertz CT molecular complexity index is 946. The summed E-state index contributed by atoms with van der Waals surface area (Å²) in [6.45, 7) is 4.31. The van der Waals surface area contributed by atoms with E-state index in [1.807, 2.05) is 13.8 Å². The van der Waals surface area contributed by atoms with Crippen LogP contribution in [0.3, 0.4) is 0 Å². The number of hydrogen-bond donors (Lipinski definition) is 1. The highest BCUT2D eigenvalue weighted by Gasteiger charge is 2.36. The first-order chi connectivity index (χ1) is 12.8. The molecule has 0 aromatic carbocycles. The highest BCUT2D eigenvalue weighted by molar-refractivity contribution is 7.89. The van der Waals surface area contributed by atoms with E-state index in [1.54, 1.807) is 40.6 Å². The second kappa shape index (κ2) is 7.43. The molecule has 1 amide bonds. The molecule has 3 heterocycles. The molecule has 1 N–H and O–H groups in total. The summed E-state index contributed by atoms with van der Waals surface area (Å²) in [5.41, 5.74) is 1.17. The van der Waals surface area contributed by atoms with Crippen LogP contribution >= 0.6 is 0 Å². The number of rotatable bonds is 6. The van der Waals surface area contributed by atoms with Gasteiger partial charge in [0.15, 0.2) is 0 Å². The van der Waals surface area contributed by atoms with E-state index in [0.717, 1.165) is 0 Å². The molecule has 2 aromatic heterocycles. The van der Waals surface area contributed by atoms with Gasteiger partial charge in [-0.3, -0.25) is 19.1 Å². The van der Waals surface area contributed by atoms with Crippen molar-refractivity contribution in [3.05, 3.63) is 23.7 Å².